The molecule has 1 atom stereocenters. The third-order valence-electron chi connectivity index (χ3n) is 3.96. The van der Waals surface area contributed by atoms with Crippen molar-refractivity contribution >= 4 is 33.2 Å². The van der Waals surface area contributed by atoms with Crippen LogP contribution in [0.15, 0.2) is 23.1 Å². The smallest absolute Gasteiger partial charge is 0.267 e. The van der Waals surface area contributed by atoms with Gasteiger partial charge in [-0.3, -0.25) is 14.3 Å². The van der Waals surface area contributed by atoms with Crippen LogP contribution in [0.25, 0.3) is 0 Å². The Hall–Kier alpha value is -3.42. The lowest BCUT2D eigenvalue weighted by molar-refractivity contribution is -0.124. The van der Waals surface area contributed by atoms with Crippen molar-refractivity contribution in [3.63, 3.8) is 0 Å². The van der Waals surface area contributed by atoms with Crippen LogP contribution >= 0.6 is 0 Å². The van der Waals surface area contributed by atoms with Crippen LogP contribution in [0.4, 0.5) is 33.3 Å². The highest BCUT2D eigenvalue weighted by molar-refractivity contribution is 7.92. The number of amides is 2. The summed E-state index contributed by atoms with van der Waals surface area (Å²) < 4.78 is 99.2. The van der Waals surface area contributed by atoms with E-state index in [2.05, 4.69) is 10.6 Å². The summed E-state index contributed by atoms with van der Waals surface area (Å²) in [6.45, 7) is 2.54. The zero-order chi connectivity index (χ0) is 24.4. The normalized spacial score (nSPS) is 12.1. The van der Waals surface area contributed by atoms with Gasteiger partial charge >= 0.3 is 0 Å². The average Bonchev–Trinajstić information content (AvgIpc) is 2.70. The zero-order valence-electron chi connectivity index (χ0n) is 16.6. The Morgan fingerprint density at radius 2 is 1.50 bits per heavy atom. The number of carbonyl (C=O) groups excluding carboxylic acids is 2. The van der Waals surface area contributed by atoms with Crippen LogP contribution < -0.4 is 20.1 Å². The van der Waals surface area contributed by atoms with E-state index < -0.39 is 67.5 Å². The van der Waals surface area contributed by atoms with Crippen LogP contribution in [0.3, 0.4) is 0 Å². The number of nitrogens with one attached hydrogen (secondary N) is 3. The fourth-order valence-electron chi connectivity index (χ4n) is 2.51. The van der Waals surface area contributed by atoms with E-state index in [1.54, 1.807) is 4.72 Å². The number of hydrogen-bond donors (Lipinski definition) is 3. The maximum Gasteiger partial charge on any atom is 0.267 e. The molecule has 0 radical (unpaired) electrons. The Balaban J connectivity index is 2.43. The summed E-state index contributed by atoms with van der Waals surface area (Å²) in [4.78, 5) is 21.2. The highest BCUT2D eigenvalue weighted by Gasteiger charge is 2.33. The number of methoxy groups -OCH3 is 1. The minimum Gasteiger partial charge on any atom is -0.495 e. The molecule has 0 saturated carbocycles. The highest BCUT2D eigenvalue weighted by Crippen LogP contribution is 2.31. The van der Waals surface area contributed by atoms with Crippen molar-refractivity contribution in [2.24, 2.45) is 0 Å². The van der Waals surface area contributed by atoms with Crippen molar-refractivity contribution in [1.29, 1.82) is 0 Å². The zero-order valence-corrected chi connectivity index (χ0v) is 17.5. The van der Waals surface area contributed by atoms with Gasteiger partial charge < -0.3 is 15.4 Å². The van der Waals surface area contributed by atoms with Crippen LogP contribution in [0.1, 0.15) is 13.8 Å². The van der Waals surface area contributed by atoms with Gasteiger partial charge in [-0.1, -0.05) is 0 Å². The first-order chi connectivity index (χ1) is 14.8. The van der Waals surface area contributed by atoms with Gasteiger partial charge in [0, 0.05) is 6.92 Å². The lowest BCUT2D eigenvalue weighted by Gasteiger charge is -2.17. The summed E-state index contributed by atoms with van der Waals surface area (Å²) >= 11 is 0. The van der Waals surface area contributed by atoms with Gasteiger partial charge in [-0.2, -0.15) is 0 Å². The van der Waals surface area contributed by atoms with Gasteiger partial charge in [0.2, 0.25) is 17.6 Å². The highest BCUT2D eigenvalue weighted by atomic mass is 32.2. The molecule has 0 unspecified atom stereocenters. The second-order valence-electron chi connectivity index (χ2n) is 6.33. The quantitative estimate of drug-likeness (QED) is 0.320. The van der Waals surface area contributed by atoms with Crippen LogP contribution in [0, 0.1) is 29.1 Å². The molecule has 3 N–H and O–H groups in total. The molecule has 0 aliphatic carbocycles. The van der Waals surface area contributed by atoms with E-state index in [1.807, 2.05) is 0 Å². The first kappa shape index (κ1) is 24.8. The molecule has 2 aromatic rings. The fourth-order valence-corrected chi connectivity index (χ4v) is 3.70. The summed E-state index contributed by atoms with van der Waals surface area (Å²) in [5.74, 6) is -13.6. The summed E-state index contributed by atoms with van der Waals surface area (Å²) in [5, 5.41) is 4.66. The monoisotopic (exact) mass is 481 g/mol. The molecule has 0 aliphatic rings. The number of anilines is 2. The molecule has 0 fully saturated rings. The van der Waals surface area contributed by atoms with Gasteiger partial charge in [-0.05, 0) is 25.1 Å². The summed E-state index contributed by atoms with van der Waals surface area (Å²) in [7, 11) is -4.07. The molecular weight excluding hydrogens is 465 g/mol. The van der Waals surface area contributed by atoms with E-state index in [4.69, 9.17) is 4.74 Å². The predicted octanol–water partition coefficient (Wildman–Crippen LogP) is 2.65. The van der Waals surface area contributed by atoms with Crippen molar-refractivity contribution in [2.75, 3.05) is 17.1 Å². The van der Waals surface area contributed by atoms with Crippen molar-refractivity contribution in [2.45, 2.75) is 24.8 Å². The van der Waals surface area contributed by atoms with E-state index in [9.17, 15) is 40.0 Å². The van der Waals surface area contributed by atoms with Gasteiger partial charge in [0.05, 0.1) is 18.5 Å². The standard InChI is InChI=1S/C18H16F5N3O5S/c1-7(24-8(2)27)18(28)25-10-6-9(4-5-11(10)31-3)26-32(29,30)17-15(22)13(20)12(19)14(21)16(17)23/h4-7,26H,1-3H3,(H,24,27)(H,25,28)/t7-/m0/s1. The molecule has 2 rings (SSSR count). The van der Waals surface area contributed by atoms with Crippen molar-refractivity contribution in [3.05, 3.63) is 47.3 Å². The number of carbonyl (C=O) groups is 2. The SMILES string of the molecule is COc1ccc(NS(=O)(=O)c2c(F)c(F)c(F)c(F)c2F)cc1NC(=O)[C@H](C)NC(C)=O. The number of halogens is 5. The number of hydrogen-bond acceptors (Lipinski definition) is 5. The second-order valence-corrected chi connectivity index (χ2v) is 7.95. The Bertz CT molecular complexity index is 1160. The molecule has 0 bridgehead atoms. The van der Waals surface area contributed by atoms with E-state index in [-0.39, 0.29) is 11.4 Å². The molecule has 0 saturated heterocycles. The summed E-state index contributed by atoms with van der Waals surface area (Å²) in [6, 6.07) is 2.19. The molecule has 8 nitrogen and oxygen atoms in total. The second kappa shape index (κ2) is 9.38. The van der Waals surface area contributed by atoms with Gasteiger partial charge in [0.1, 0.15) is 11.8 Å². The summed E-state index contributed by atoms with van der Waals surface area (Å²) in [5.41, 5.74) is -0.524. The van der Waals surface area contributed by atoms with Crippen LogP contribution in [-0.2, 0) is 19.6 Å². The van der Waals surface area contributed by atoms with E-state index in [1.165, 1.54) is 21.0 Å². The third-order valence-corrected chi connectivity index (χ3v) is 5.36. The van der Waals surface area contributed by atoms with Crippen molar-refractivity contribution in [3.8, 4) is 5.75 Å². The Kier molecular flexibility index (Phi) is 7.28. The topological polar surface area (TPSA) is 114 Å². The number of sulfonamides is 1. The van der Waals surface area contributed by atoms with E-state index in [0.717, 1.165) is 18.2 Å². The largest absolute Gasteiger partial charge is 0.495 e. The molecular formula is C18H16F5N3O5S. The molecule has 14 heteroatoms. The Labute approximate surface area is 178 Å². The van der Waals surface area contributed by atoms with Gasteiger partial charge in [0.15, 0.2) is 28.2 Å². The number of ether oxygens (including phenoxy) is 1. The van der Waals surface area contributed by atoms with Crippen molar-refractivity contribution in [1.82, 2.24) is 5.32 Å². The van der Waals surface area contributed by atoms with Crippen LogP contribution in [-0.4, -0.2) is 33.4 Å². The lowest BCUT2D eigenvalue weighted by Crippen LogP contribution is -2.40. The first-order valence-electron chi connectivity index (χ1n) is 8.60. The van der Waals surface area contributed by atoms with Crippen LogP contribution in [0.5, 0.6) is 5.75 Å². The van der Waals surface area contributed by atoms with Crippen molar-refractivity contribution < 1.29 is 44.7 Å². The van der Waals surface area contributed by atoms with Gasteiger partial charge in [-0.25, -0.2) is 30.4 Å². The van der Waals surface area contributed by atoms with E-state index in [0.29, 0.717) is 0 Å². The summed E-state index contributed by atoms with van der Waals surface area (Å²) in [6.07, 6.45) is 0. The Morgan fingerprint density at radius 3 is 2.00 bits per heavy atom. The number of rotatable bonds is 7. The predicted molar refractivity (Wildman–Crippen MR) is 102 cm³/mol. The lowest BCUT2D eigenvalue weighted by atomic mass is 10.2. The molecule has 0 heterocycles. The van der Waals surface area contributed by atoms with Gasteiger partial charge in [-0.15, -0.1) is 0 Å². The molecule has 0 aliphatic heterocycles. The Morgan fingerprint density at radius 1 is 0.969 bits per heavy atom. The van der Waals surface area contributed by atoms with Crippen LogP contribution in [0.2, 0.25) is 0 Å². The first-order valence-corrected chi connectivity index (χ1v) is 10.1. The molecule has 2 aromatic carbocycles. The molecule has 2 amide bonds. The molecule has 174 valence electrons. The molecule has 32 heavy (non-hydrogen) atoms. The average molecular weight is 481 g/mol. The molecule has 0 aromatic heterocycles. The third kappa shape index (κ3) is 5.07. The maximum absolute atomic E-state index is 13.9. The fraction of sp³-hybridized carbons (Fsp3) is 0.222. The molecule has 0 spiro atoms. The number of benzene rings is 2. The van der Waals surface area contributed by atoms with Gasteiger partial charge in [0.25, 0.3) is 10.0 Å². The minimum absolute atomic E-state index is 0.0348. The minimum atomic E-state index is -5.29. The van der Waals surface area contributed by atoms with E-state index >= 15 is 0 Å². The maximum atomic E-state index is 13.9.